The van der Waals surface area contributed by atoms with E-state index in [9.17, 15) is 4.79 Å². The molecule has 0 radical (unpaired) electrons. The van der Waals surface area contributed by atoms with Gasteiger partial charge in [0.05, 0.1) is 22.3 Å². The molecule has 198 valence electrons. The van der Waals surface area contributed by atoms with Gasteiger partial charge in [-0.05, 0) is 85.6 Å². The van der Waals surface area contributed by atoms with E-state index in [0.29, 0.717) is 28.8 Å². The summed E-state index contributed by atoms with van der Waals surface area (Å²) >= 11 is 8.21. The molecular weight excluding hydrogens is 530 g/mol. The Balaban J connectivity index is 1.20. The Bertz CT molecular complexity index is 1620. The van der Waals surface area contributed by atoms with Gasteiger partial charge in [-0.2, -0.15) is 0 Å². The van der Waals surface area contributed by atoms with Crippen molar-refractivity contribution in [3.63, 3.8) is 0 Å². The van der Waals surface area contributed by atoms with Crippen LogP contribution in [0.25, 0.3) is 20.8 Å². The first kappa shape index (κ1) is 26.5. The van der Waals surface area contributed by atoms with Gasteiger partial charge in [0.25, 0.3) is 5.91 Å². The molecule has 0 aliphatic heterocycles. The predicted octanol–water partition coefficient (Wildman–Crippen LogP) is 7.87. The van der Waals surface area contributed by atoms with Gasteiger partial charge >= 0.3 is 0 Å². The van der Waals surface area contributed by atoms with Crippen LogP contribution >= 0.6 is 22.9 Å². The van der Waals surface area contributed by atoms with E-state index in [1.54, 1.807) is 18.4 Å². The van der Waals surface area contributed by atoms with Gasteiger partial charge in [0.15, 0.2) is 18.1 Å². The zero-order valence-electron chi connectivity index (χ0n) is 21.9. The summed E-state index contributed by atoms with van der Waals surface area (Å²) in [5.74, 6) is 0.508. The summed E-state index contributed by atoms with van der Waals surface area (Å²) in [7, 11) is 1.55. The molecular formula is C31H28ClN3O3S. The first-order valence-electron chi connectivity index (χ1n) is 12.4. The molecule has 39 heavy (non-hydrogen) atoms. The average molecular weight is 558 g/mol. The Labute approximate surface area is 236 Å². The Kier molecular flexibility index (Phi) is 8.00. The van der Waals surface area contributed by atoms with Gasteiger partial charge in [0, 0.05) is 23.5 Å². The molecule has 6 nitrogen and oxygen atoms in total. The van der Waals surface area contributed by atoms with Gasteiger partial charge in [-0.3, -0.25) is 4.79 Å². The number of hydrogen-bond acceptors (Lipinski definition) is 6. The van der Waals surface area contributed by atoms with Crippen molar-refractivity contribution >= 4 is 50.4 Å². The minimum absolute atomic E-state index is 0.192. The molecule has 1 heterocycles. The second-order valence-corrected chi connectivity index (χ2v) is 10.7. The van der Waals surface area contributed by atoms with Crippen molar-refractivity contribution in [2.75, 3.05) is 24.4 Å². The molecule has 1 aromatic heterocycles. The molecule has 0 saturated heterocycles. The van der Waals surface area contributed by atoms with Gasteiger partial charge in [-0.25, -0.2) is 4.98 Å². The van der Waals surface area contributed by atoms with E-state index in [2.05, 4.69) is 47.9 Å². The molecule has 0 unspecified atom stereocenters. The van der Waals surface area contributed by atoms with Gasteiger partial charge in [-0.1, -0.05) is 35.4 Å². The summed E-state index contributed by atoms with van der Waals surface area (Å²) in [6, 6.07) is 25.7. The van der Waals surface area contributed by atoms with Crippen molar-refractivity contribution in [3.8, 4) is 22.1 Å². The van der Waals surface area contributed by atoms with Crippen LogP contribution in [0.5, 0.6) is 11.5 Å². The molecule has 1 amide bonds. The molecule has 5 aromatic rings. The van der Waals surface area contributed by atoms with E-state index < -0.39 is 0 Å². The summed E-state index contributed by atoms with van der Waals surface area (Å²) in [4.78, 5) is 17.1. The number of methoxy groups -OCH3 is 1. The largest absolute Gasteiger partial charge is 0.493 e. The number of hydrogen-bond donors (Lipinski definition) is 2. The Morgan fingerprint density at radius 3 is 2.38 bits per heavy atom. The second kappa shape index (κ2) is 11.8. The van der Waals surface area contributed by atoms with Crippen molar-refractivity contribution in [2.45, 2.75) is 20.4 Å². The predicted molar refractivity (Wildman–Crippen MR) is 160 cm³/mol. The first-order chi connectivity index (χ1) is 18.9. The third-order valence-electron chi connectivity index (χ3n) is 6.14. The number of aromatic nitrogens is 1. The highest BCUT2D eigenvalue weighted by molar-refractivity contribution is 7.21. The fourth-order valence-corrected chi connectivity index (χ4v) is 5.43. The van der Waals surface area contributed by atoms with Crippen LogP contribution in [0.2, 0.25) is 5.02 Å². The number of anilines is 2. The number of rotatable bonds is 9. The highest BCUT2D eigenvalue weighted by atomic mass is 35.5. The van der Waals surface area contributed by atoms with Crippen LogP contribution in [-0.2, 0) is 11.3 Å². The Morgan fingerprint density at radius 2 is 1.64 bits per heavy atom. The number of carbonyl (C=O) groups is 1. The maximum Gasteiger partial charge on any atom is 0.262 e. The van der Waals surface area contributed by atoms with Gasteiger partial charge in [-0.15, -0.1) is 11.3 Å². The van der Waals surface area contributed by atoms with E-state index >= 15 is 0 Å². The summed E-state index contributed by atoms with van der Waals surface area (Å²) in [6.07, 6.45) is 0. The Hall–Kier alpha value is -4.07. The summed E-state index contributed by atoms with van der Waals surface area (Å²) < 4.78 is 12.4. The van der Waals surface area contributed by atoms with Crippen molar-refractivity contribution in [3.05, 3.63) is 101 Å². The van der Waals surface area contributed by atoms with E-state index in [4.69, 9.17) is 26.1 Å². The minimum atomic E-state index is -0.285. The number of fused-ring (bicyclic) bond motifs is 1. The smallest absolute Gasteiger partial charge is 0.262 e. The molecule has 0 aliphatic carbocycles. The first-order valence-corrected chi connectivity index (χ1v) is 13.6. The molecule has 0 spiro atoms. The highest BCUT2D eigenvalue weighted by Crippen LogP contribution is 2.37. The van der Waals surface area contributed by atoms with Crippen molar-refractivity contribution in [1.82, 2.24) is 4.98 Å². The number of thiazole rings is 1. The normalized spacial score (nSPS) is 10.9. The minimum Gasteiger partial charge on any atom is -0.493 e. The summed E-state index contributed by atoms with van der Waals surface area (Å²) in [5, 5.41) is 7.60. The SMILES string of the molecule is COc1cc(CNc2ccc(-c3nc4ccc(C)cc4s3)cc2)cc(Cl)c1OCC(=O)Nc1ccc(C)cc1. The van der Waals surface area contributed by atoms with Gasteiger partial charge in [0.1, 0.15) is 5.01 Å². The van der Waals surface area contributed by atoms with Crippen molar-refractivity contribution in [1.29, 1.82) is 0 Å². The number of aryl methyl sites for hydroxylation is 2. The van der Waals surface area contributed by atoms with E-state index in [-0.39, 0.29) is 12.5 Å². The van der Waals surface area contributed by atoms with Crippen LogP contribution in [0.4, 0.5) is 11.4 Å². The molecule has 0 saturated carbocycles. The maximum absolute atomic E-state index is 12.3. The molecule has 0 fully saturated rings. The zero-order valence-corrected chi connectivity index (χ0v) is 23.5. The standard InChI is InChI=1S/C31H28ClN3O3S/c1-19-4-9-24(10-5-19)34-29(36)18-38-30-25(32)15-21(16-27(30)37-3)17-33-23-11-7-22(8-12-23)31-35-26-13-6-20(2)14-28(26)39-31/h4-16,33H,17-18H2,1-3H3,(H,34,36). The molecule has 0 aliphatic rings. The lowest BCUT2D eigenvalue weighted by atomic mass is 10.1. The topological polar surface area (TPSA) is 72.5 Å². The number of nitrogens with zero attached hydrogens (tertiary/aromatic N) is 1. The van der Waals surface area contributed by atoms with Crippen LogP contribution < -0.4 is 20.1 Å². The highest BCUT2D eigenvalue weighted by Gasteiger charge is 2.14. The quantitative estimate of drug-likeness (QED) is 0.193. The third kappa shape index (κ3) is 6.50. The van der Waals surface area contributed by atoms with Crippen LogP contribution in [0.1, 0.15) is 16.7 Å². The lowest BCUT2D eigenvalue weighted by molar-refractivity contribution is -0.118. The molecule has 5 rings (SSSR count). The van der Waals surface area contributed by atoms with Gasteiger partial charge < -0.3 is 20.1 Å². The number of carbonyl (C=O) groups excluding carboxylic acids is 1. The fraction of sp³-hybridized carbons (Fsp3) is 0.161. The second-order valence-electron chi connectivity index (χ2n) is 9.23. The lowest BCUT2D eigenvalue weighted by Gasteiger charge is -2.15. The zero-order chi connectivity index (χ0) is 27.4. The van der Waals surface area contributed by atoms with Gasteiger partial charge in [0.2, 0.25) is 0 Å². The lowest BCUT2D eigenvalue weighted by Crippen LogP contribution is -2.20. The maximum atomic E-state index is 12.3. The van der Waals surface area contributed by atoms with Crippen LogP contribution in [-0.4, -0.2) is 24.6 Å². The van der Waals surface area contributed by atoms with E-state index in [1.165, 1.54) is 10.3 Å². The number of benzene rings is 4. The van der Waals surface area contributed by atoms with E-state index in [1.807, 2.05) is 55.5 Å². The van der Waals surface area contributed by atoms with Crippen LogP contribution in [0.15, 0.2) is 78.9 Å². The number of amides is 1. The third-order valence-corrected chi connectivity index (χ3v) is 7.49. The number of ether oxygens (including phenoxy) is 2. The molecule has 2 N–H and O–H groups in total. The van der Waals surface area contributed by atoms with Crippen LogP contribution in [0.3, 0.4) is 0 Å². The monoisotopic (exact) mass is 557 g/mol. The average Bonchev–Trinajstić information content (AvgIpc) is 3.36. The number of nitrogens with one attached hydrogen (secondary N) is 2. The van der Waals surface area contributed by atoms with E-state index in [0.717, 1.165) is 32.9 Å². The molecule has 0 bridgehead atoms. The molecule has 4 aromatic carbocycles. The van der Waals surface area contributed by atoms with Crippen molar-refractivity contribution in [2.24, 2.45) is 0 Å². The van der Waals surface area contributed by atoms with Crippen LogP contribution in [0, 0.1) is 13.8 Å². The Morgan fingerprint density at radius 1 is 0.923 bits per heavy atom. The van der Waals surface area contributed by atoms with Crippen molar-refractivity contribution < 1.29 is 14.3 Å². The summed E-state index contributed by atoms with van der Waals surface area (Å²) in [6.45, 7) is 4.42. The summed E-state index contributed by atoms with van der Waals surface area (Å²) in [5.41, 5.74) is 7.05. The molecule has 8 heteroatoms. The number of halogens is 1. The molecule has 0 atom stereocenters. The fourth-order valence-electron chi connectivity index (χ4n) is 4.08.